The van der Waals surface area contributed by atoms with Crippen LogP contribution in [0.1, 0.15) is 29.3 Å². The third-order valence-electron chi connectivity index (χ3n) is 5.90. The smallest absolute Gasteiger partial charge is 0.420 e. The molecule has 1 fully saturated rings. The molecule has 0 bridgehead atoms. The molecule has 0 saturated carbocycles. The predicted octanol–water partition coefficient (Wildman–Crippen LogP) is 4.56. The van der Waals surface area contributed by atoms with E-state index in [1.807, 2.05) is 67.6 Å². The van der Waals surface area contributed by atoms with Crippen molar-refractivity contribution >= 4 is 23.5 Å². The van der Waals surface area contributed by atoms with Gasteiger partial charge in [-0.3, -0.25) is 4.98 Å². The highest BCUT2D eigenvalue weighted by molar-refractivity contribution is 7.09. The summed E-state index contributed by atoms with van der Waals surface area (Å²) in [6.45, 7) is 1.91. The minimum absolute atomic E-state index is 0.0485. The first kappa shape index (κ1) is 22.9. The van der Waals surface area contributed by atoms with E-state index < -0.39 is 23.8 Å². The fourth-order valence-electron chi connectivity index (χ4n) is 4.23. The minimum atomic E-state index is -0.947. The summed E-state index contributed by atoms with van der Waals surface area (Å²) in [6.07, 6.45) is 1.12. The standard InChI is InChI=1S/C25H27N3O4S/c1-25(14-19-10-6-3-7-11-19)22(13-20(26)12-18-8-4-2-5-9-18)32-24(30)28(25)23(29)31-16-21-15-27-17-33-21/h2-11,15,17,20,22H,12-14,16,26H2,1H3/t20-,22-,25-/m0/s1. The lowest BCUT2D eigenvalue weighted by atomic mass is 9.83. The number of hydrogen-bond donors (Lipinski definition) is 1. The van der Waals surface area contributed by atoms with Crippen LogP contribution < -0.4 is 5.73 Å². The maximum atomic E-state index is 13.0. The lowest BCUT2D eigenvalue weighted by Crippen LogP contribution is -2.54. The number of amides is 2. The highest BCUT2D eigenvalue weighted by Crippen LogP contribution is 2.37. The Balaban J connectivity index is 1.54. The molecule has 1 aromatic heterocycles. The zero-order chi connectivity index (χ0) is 23.3. The van der Waals surface area contributed by atoms with Crippen LogP contribution in [0, 0.1) is 0 Å². The van der Waals surface area contributed by atoms with E-state index in [4.69, 9.17) is 15.2 Å². The number of aromatic nitrogens is 1. The normalized spacial score (nSPS) is 21.0. The first-order chi connectivity index (χ1) is 16.0. The number of cyclic esters (lactones) is 1. The van der Waals surface area contributed by atoms with Gasteiger partial charge in [0.2, 0.25) is 0 Å². The number of hydrogen-bond acceptors (Lipinski definition) is 7. The summed E-state index contributed by atoms with van der Waals surface area (Å²) in [6, 6.07) is 19.4. The maximum absolute atomic E-state index is 13.0. The fraction of sp³-hybridized carbons (Fsp3) is 0.320. The molecule has 0 spiro atoms. The van der Waals surface area contributed by atoms with Crippen molar-refractivity contribution in [1.82, 2.24) is 9.88 Å². The number of thiazole rings is 1. The van der Waals surface area contributed by atoms with Gasteiger partial charge in [-0.15, -0.1) is 11.3 Å². The van der Waals surface area contributed by atoms with Crippen LogP contribution in [0.2, 0.25) is 0 Å². The Hall–Kier alpha value is -3.23. The monoisotopic (exact) mass is 465 g/mol. The molecule has 1 aliphatic heterocycles. The van der Waals surface area contributed by atoms with Gasteiger partial charge in [0.15, 0.2) is 0 Å². The first-order valence-electron chi connectivity index (χ1n) is 10.8. The van der Waals surface area contributed by atoms with Crippen molar-refractivity contribution in [2.24, 2.45) is 5.73 Å². The molecule has 2 N–H and O–H groups in total. The van der Waals surface area contributed by atoms with Gasteiger partial charge in [0.1, 0.15) is 12.7 Å². The molecule has 2 aromatic carbocycles. The van der Waals surface area contributed by atoms with Crippen molar-refractivity contribution in [2.75, 3.05) is 0 Å². The van der Waals surface area contributed by atoms with Gasteiger partial charge in [0.25, 0.3) is 0 Å². The summed E-state index contributed by atoms with van der Waals surface area (Å²) in [7, 11) is 0. The van der Waals surface area contributed by atoms with Gasteiger partial charge in [-0.2, -0.15) is 0 Å². The molecule has 7 nitrogen and oxygen atoms in total. The molecule has 1 saturated heterocycles. The predicted molar refractivity (Wildman–Crippen MR) is 126 cm³/mol. The Morgan fingerprint density at radius 2 is 1.85 bits per heavy atom. The number of imide groups is 1. The van der Waals surface area contributed by atoms with Gasteiger partial charge >= 0.3 is 12.2 Å². The number of carbonyl (C=O) groups is 2. The summed E-state index contributed by atoms with van der Waals surface area (Å²) in [5.74, 6) is 0. The molecule has 0 aliphatic carbocycles. The average molecular weight is 466 g/mol. The van der Waals surface area contributed by atoms with E-state index in [1.165, 1.54) is 11.3 Å². The van der Waals surface area contributed by atoms with Crippen LogP contribution in [0.4, 0.5) is 9.59 Å². The number of ether oxygens (including phenoxy) is 2. The van der Waals surface area contributed by atoms with Gasteiger partial charge < -0.3 is 15.2 Å². The van der Waals surface area contributed by atoms with Crippen molar-refractivity contribution in [3.05, 3.63) is 88.4 Å². The second-order valence-corrected chi connectivity index (χ2v) is 9.41. The number of nitrogens with two attached hydrogens (primary N) is 1. The van der Waals surface area contributed by atoms with Crippen molar-refractivity contribution < 1.29 is 19.1 Å². The quantitative estimate of drug-likeness (QED) is 0.524. The molecule has 1 aliphatic rings. The van der Waals surface area contributed by atoms with E-state index >= 15 is 0 Å². The van der Waals surface area contributed by atoms with Crippen molar-refractivity contribution in [3.63, 3.8) is 0 Å². The molecular formula is C25H27N3O4S. The van der Waals surface area contributed by atoms with Crippen LogP contribution in [0.15, 0.2) is 72.4 Å². The van der Waals surface area contributed by atoms with E-state index in [9.17, 15) is 9.59 Å². The van der Waals surface area contributed by atoms with Crippen LogP contribution in [0.3, 0.4) is 0 Å². The van der Waals surface area contributed by atoms with Crippen LogP contribution in [-0.4, -0.2) is 39.8 Å². The SMILES string of the molecule is C[C@]1(Cc2ccccc2)[C@H](C[C@@H](N)Cc2ccccc2)OC(=O)N1C(=O)OCc1cncs1. The van der Waals surface area contributed by atoms with E-state index in [-0.39, 0.29) is 12.6 Å². The molecule has 2 heterocycles. The Morgan fingerprint density at radius 3 is 2.48 bits per heavy atom. The first-order valence-corrected chi connectivity index (χ1v) is 11.7. The summed E-state index contributed by atoms with van der Waals surface area (Å²) >= 11 is 1.38. The average Bonchev–Trinajstić information content (AvgIpc) is 3.40. The second kappa shape index (κ2) is 10.1. The molecule has 33 heavy (non-hydrogen) atoms. The van der Waals surface area contributed by atoms with Crippen LogP contribution in [0.25, 0.3) is 0 Å². The van der Waals surface area contributed by atoms with Gasteiger partial charge in [-0.25, -0.2) is 14.5 Å². The van der Waals surface area contributed by atoms with E-state index in [0.717, 1.165) is 20.9 Å². The largest absolute Gasteiger partial charge is 0.443 e. The minimum Gasteiger partial charge on any atom is -0.443 e. The lowest BCUT2D eigenvalue weighted by molar-refractivity contribution is 0.0693. The summed E-state index contributed by atoms with van der Waals surface area (Å²) in [5.41, 5.74) is 9.27. The van der Waals surface area contributed by atoms with Crippen molar-refractivity contribution in [3.8, 4) is 0 Å². The highest BCUT2D eigenvalue weighted by atomic mass is 32.1. The number of benzene rings is 2. The van der Waals surface area contributed by atoms with Crippen LogP contribution in [-0.2, 0) is 28.9 Å². The fourth-order valence-corrected chi connectivity index (χ4v) is 4.73. The summed E-state index contributed by atoms with van der Waals surface area (Å²) < 4.78 is 11.2. The van der Waals surface area contributed by atoms with Gasteiger partial charge in [-0.05, 0) is 30.9 Å². The summed E-state index contributed by atoms with van der Waals surface area (Å²) in [4.78, 5) is 31.8. The third-order valence-corrected chi connectivity index (χ3v) is 6.65. The third kappa shape index (κ3) is 5.40. The summed E-state index contributed by atoms with van der Waals surface area (Å²) in [5, 5.41) is 0. The van der Waals surface area contributed by atoms with Crippen LogP contribution in [0.5, 0.6) is 0 Å². The molecule has 0 radical (unpaired) electrons. The molecule has 3 aromatic rings. The molecule has 8 heteroatoms. The van der Waals surface area contributed by atoms with Crippen molar-refractivity contribution in [1.29, 1.82) is 0 Å². The number of nitrogens with zero attached hydrogens (tertiary/aromatic N) is 2. The maximum Gasteiger partial charge on any atom is 0.420 e. The van der Waals surface area contributed by atoms with E-state index in [1.54, 1.807) is 11.7 Å². The molecule has 4 rings (SSSR count). The van der Waals surface area contributed by atoms with Crippen molar-refractivity contribution in [2.45, 2.75) is 50.5 Å². The Bertz CT molecular complexity index is 1060. The van der Waals surface area contributed by atoms with E-state index in [0.29, 0.717) is 19.3 Å². The molecular weight excluding hydrogens is 438 g/mol. The molecule has 0 unspecified atom stereocenters. The topological polar surface area (TPSA) is 94.8 Å². The highest BCUT2D eigenvalue weighted by Gasteiger charge is 2.55. The van der Waals surface area contributed by atoms with Gasteiger partial charge in [0, 0.05) is 18.7 Å². The lowest BCUT2D eigenvalue weighted by Gasteiger charge is -2.35. The molecule has 2 amide bonds. The molecule has 3 atom stereocenters. The van der Waals surface area contributed by atoms with E-state index in [2.05, 4.69) is 4.98 Å². The molecule has 172 valence electrons. The Kier molecular flexibility index (Phi) is 7.05. The number of rotatable bonds is 8. The zero-order valence-corrected chi connectivity index (χ0v) is 19.2. The Labute approximate surface area is 197 Å². The van der Waals surface area contributed by atoms with Gasteiger partial charge in [0.05, 0.1) is 15.9 Å². The van der Waals surface area contributed by atoms with Crippen LogP contribution >= 0.6 is 11.3 Å². The van der Waals surface area contributed by atoms with Gasteiger partial charge in [-0.1, -0.05) is 60.7 Å². The Morgan fingerprint density at radius 1 is 1.18 bits per heavy atom. The second-order valence-electron chi connectivity index (χ2n) is 8.44. The number of carbonyl (C=O) groups excluding carboxylic acids is 2. The zero-order valence-electron chi connectivity index (χ0n) is 18.4.